The van der Waals surface area contributed by atoms with Gasteiger partial charge in [-0.25, -0.2) is 4.39 Å². The number of rotatable bonds is 4. The van der Waals surface area contributed by atoms with Gasteiger partial charge in [0.2, 0.25) is 5.91 Å². The number of carbonyl (C=O) groups excluding carboxylic acids is 1. The summed E-state index contributed by atoms with van der Waals surface area (Å²) in [6, 6.07) is 6.41. The molecular formula is C13H16FNO. The average Bonchev–Trinajstić information content (AvgIpc) is 3.00. The molecule has 1 saturated carbocycles. The molecule has 1 aromatic rings. The van der Waals surface area contributed by atoms with Crippen LogP contribution in [-0.4, -0.2) is 5.91 Å². The van der Waals surface area contributed by atoms with Gasteiger partial charge < -0.3 is 5.32 Å². The van der Waals surface area contributed by atoms with E-state index in [1.165, 1.54) is 12.1 Å². The molecule has 1 aliphatic rings. The van der Waals surface area contributed by atoms with Crippen molar-refractivity contribution in [3.8, 4) is 0 Å². The Balaban J connectivity index is 2.08. The zero-order valence-corrected chi connectivity index (χ0v) is 9.42. The summed E-state index contributed by atoms with van der Waals surface area (Å²) >= 11 is 0. The summed E-state index contributed by atoms with van der Waals surface area (Å²) in [7, 11) is 0. The van der Waals surface area contributed by atoms with Gasteiger partial charge in [-0.05, 0) is 37.0 Å². The zero-order valence-electron chi connectivity index (χ0n) is 9.42. The minimum absolute atomic E-state index is 0.0873. The Morgan fingerprint density at radius 2 is 2.00 bits per heavy atom. The Kier molecular flexibility index (Phi) is 2.95. The van der Waals surface area contributed by atoms with Crippen LogP contribution in [0.25, 0.3) is 0 Å². The van der Waals surface area contributed by atoms with E-state index in [4.69, 9.17) is 0 Å². The van der Waals surface area contributed by atoms with E-state index in [1.54, 1.807) is 12.1 Å². The van der Waals surface area contributed by atoms with Crippen LogP contribution in [0.1, 0.15) is 38.2 Å². The fourth-order valence-corrected chi connectivity index (χ4v) is 1.94. The van der Waals surface area contributed by atoms with Gasteiger partial charge in [0.05, 0.1) is 5.54 Å². The summed E-state index contributed by atoms with van der Waals surface area (Å²) in [5.41, 5.74) is 0.804. The van der Waals surface area contributed by atoms with Gasteiger partial charge in [0.1, 0.15) is 5.82 Å². The third kappa shape index (κ3) is 2.23. The lowest BCUT2D eigenvalue weighted by atomic mass is 10.0. The van der Waals surface area contributed by atoms with Crippen LogP contribution in [0.2, 0.25) is 0 Å². The first-order valence-corrected chi connectivity index (χ1v) is 5.73. The van der Waals surface area contributed by atoms with Gasteiger partial charge in [0, 0.05) is 6.42 Å². The van der Waals surface area contributed by atoms with Crippen molar-refractivity contribution in [3.63, 3.8) is 0 Å². The molecule has 1 fully saturated rings. The Labute approximate surface area is 94.9 Å². The Morgan fingerprint density at radius 3 is 2.50 bits per heavy atom. The number of amides is 1. The number of benzene rings is 1. The molecule has 0 saturated heterocycles. The number of hydrogen-bond acceptors (Lipinski definition) is 1. The van der Waals surface area contributed by atoms with Gasteiger partial charge in [0.25, 0.3) is 0 Å². The monoisotopic (exact) mass is 221 g/mol. The van der Waals surface area contributed by atoms with Crippen LogP contribution in [0, 0.1) is 5.82 Å². The van der Waals surface area contributed by atoms with E-state index in [0.717, 1.165) is 24.8 Å². The van der Waals surface area contributed by atoms with Crippen molar-refractivity contribution in [3.05, 3.63) is 35.6 Å². The van der Waals surface area contributed by atoms with E-state index in [1.807, 2.05) is 6.92 Å². The first-order valence-electron chi connectivity index (χ1n) is 5.73. The van der Waals surface area contributed by atoms with Gasteiger partial charge in [-0.1, -0.05) is 19.1 Å². The molecule has 0 atom stereocenters. The van der Waals surface area contributed by atoms with Crippen molar-refractivity contribution < 1.29 is 9.18 Å². The highest BCUT2D eigenvalue weighted by atomic mass is 19.1. The van der Waals surface area contributed by atoms with Crippen LogP contribution in [0.4, 0.5) is 4.39 Å². The highest BCUT2D eigenvalue weighted by Gasteiger charge is 2.45. The fraction of sp³-hybridized carbons (Fsp3) is 0.462. The fourth-order valence-electron chi connectivity index (χ4n) is 1.94. The maximum Gasteiger partial charge on any atom is 0.220 e. The predicted octanol–water partition coefficient (Wildman–Crippen LogP) is 2.73. The molecule has 0 aromatic heterocycles. The van der Waals surface area contributed by atoms with E-state index in [-0.39, 0.29) is 17.3 Å². The van der Waals surface area contributed by atoms with E-state index in [0.29, 0.717) is 6.42 Å². The lowest BCUT2D eigenvalue weighted by Crippen LogP contribution is -2.34. The first kappa shape index (κ1) is 11.1. The molecule has 1 aromatic carbocycles. The van der Waals surface area contributed by atoms with Crippen LogP contribution in [0.3, 0.4) is 0 Å². The molecule has 0 aliphatic heterocycles. The van der Waals surface area contributed by atoms with Crippen LogP contribution >= 0.6 is 0 Å². The summed E-state index contributed by atoms with van der Waals surface area (Å²) in [4.78, 5) is 11.6. The van der Waals surface area contributed by atoms with E-state index >= 15 is 0 Å². The predicted molar refractivity (Wildman–Crippen MR) is 60.4 cm³/mol. The summed E-state index contributed by atoms with van der Waals surface area (Å²) in [5, 5.41) is 3.04. The van der Waals surface area contributed by atoms with Crippen LogP contribution in [-0.2, 0) is 10.3 Å². The number of hydrogen-bond donors (Lipinski definition) is 1. The maximum atomic E-state index is 12.8. The normalized spacial score (nSPS) is 16.9. The van der Waals surface area contributed by atoms with E-state index in [2.05, 4.69) is 5.32 Å². The second-order valence-corrected chi connectivity index (χ2v) is 4.39. The van der Waals surface area contributed by atoms with Gasteiger partial charge in [-0.3, -0.25) is 4.79 Å². The molecule has 86 valence electrons. The third-order valence-electron chi connectivity index (χ3n) is 3.00. The number of halogens is 1. The summed E-state index contributed by atoms with van der Waals surface area (Å²) < 4.78 is 12.8. The molecule has 3 heteroatoms. The molecule has 2 rings (SSSR count). The van der Waals surface area contributed by atoms with Gasteiger partial charge >= 0.3 is 0 Å². The summed E-state index contributed by atoms with van der Waals surface area (Å²) in [6.07, 6.45) is 3.32. The minimum Gasteiger partial charge on any atom is -0.347 e. The molecule has 2 nitrogen and oxygen atoms in total. The van der Waals surface area contributed by atoms with Crippen molar-refractivity contribution >= 4 is 5.91 Å². The molecule has 0 bridgehead atoms. The average molecular weight is 221 g/mol. The van der Waals surface area contributed by atoms with Gasteiger partial charge in [-0.2, -0.15) is 0 Å². The molecule has 1 N–H and O–H groups in total. The Bertz CT molecular complexity index is 381. The molecule has 16 heavy (non-hydrogen) atoms. The van der Waals surface area contributed by atoms with Crippen molar-refractivity contribution in [2.45, 2.75) is 38.1 Å². The maximum absolute atomic E-state index is 12.8. The van der Waals surface area contributed by atoms with Crippen LogP contribution in [0.5, 0.6) is 0 Å². The van der Waals surface area contributed by atoms with Crippen molar-refractivity contribution in [1.29, 1.82) is 0 Å². The second-order valence-electron chi connectivity index (χ2n) is 4.39. The van der Waals surface area contributed by atoms with Gasteiger partial charge in [0.15, 0.2) is 0 Å². The number of carbonyl (C=O) groups is 1. The molecular weight excluding hydrogens is 205 g/mol. The quantitative estimate of drug-likeness (QED) is 0.832. The standard InChI is InChI=1S/C13H16FNO/c1-2-3-12(16)15-13(8-9-13)10-4-6-11(14)7-5-10/h4-7H,2-3,8-9H2,1H3,(H,15,16). The lowest BCUT2D eigenvalue weighted by molar-refractivity contribution is -0.122. The SMILES string of the molecule is CCCC(=O)NC1(c2ccc(F)cc2)CC1. The first-order chi connectivity index (χ1) is 7.66. The minimum atomic E-state index is -0.237. The largest absolute Gasteiger partial charge is 0.347 e. The summed E-state index contributed by atoms with van der Waals surface area (Å²) in [6.45, 7) is 1.98. The lowest BCUT2D eigenvalue weighted by Gasteiger charge is -2.17. The second kappa shape index (κ2) is 4.24. The van der Waals surface area contributed by atoms with E-state index < -0.39 is 0 Å². The van der Waals surface area contributed by atoms with E-state index in [9.17, 15) is 9.18 Å². The molecule has 0 spiro atoms. The van der Waals surface area contributed by atoms with Crippen molar-refractivity contribution in [2.24, 2.45) is 0 Å². The Morgan fingerprint density at radius 1 is 1.38 bits per heavy atom. The van der Waals surface area contributed by atoms with Gasteiger partial charge in [-0.15, -0.1) is 0 Å². The summed E-state index contributed by atoms with van der Waals surface area (Å²) in [5.74, 6) is -0.149. The molecule has 1 amide bonds. The highest BCUT2D eigenvalue weighted by Crippen LogP contribution is 2.45. The van der Waals surface area contributed by atoms with Crippen LogP contribution in [0.15, 0.2) is 24.3 Å². The molecule has 0 radical (unpaired) electrons. The third-order valence-corrected chi connectivity index (χ3v) is 3.00. The topological polar surface area (TPSA) is 29.1 Å². The van der Waals surface area contributed by atoms with Crippen LogP contribution < -0.4 is 5.32 Å². The highest BCUT2D eigenvalue weighted by molar-refractivity contribution is 5.77. The molecule has 0 unspecified atom stereocenters. The van der Waals surface area contributed by atoms with Crippen molar-refractivity contribution in [1.82, 2.24) is 5.32 Å². The zero-order chi connectivity index (χ0) is 11.6. The molecule has 1 aliphatic carbocycles. The molecule has 0 heterocycles. The smallest absolute Gasteiger partial charge is 0.220 e. The van der Waals surface area contributed by atoms with Crippen molar-refractivity contribution in [2.75, 3.05) is 0 Å². The number of nitrogens with one attached hydrogen (secondary N) is 1. The Hall–Kier alpha value is -1.38.